The molecular formula is C21H25FN2O2. The lowest BCUT2D eigenvalue weighted by Crippen LogP contribution is -2.52. The van der Waals surface area contributed by atoms with Crippen LogP contribution in [0.5, 0.6) is 5.75 Å². The van der Waals surface area contributed by atoms with Gasteiger partial charge in [0.05, 0.1) is 0 Å². The molecule has 2 aromatic carbocycles. The number of rotatable bonds is 6. The highest BCUT2D eigenvalue weighted by Crippen LogP contribution is 2.17. The first-order valence-corrected chi connectivity index (χ1v) is 9.13. The van der Waals surface area contributed by atoms with Crippen LogP contribution in [-0.2, 0) is 11.3 Å². The van der Waals surface area contributed by atoms with Crippen LogP contribution in [0.4, 0.5) is 4.39 Å². The maximum absolute atomic E-state index is 13.0. The van der Waals surface area contributed by atoms with E-state index in [4.69, 9.17) is 4.74 Å². The number of carbonyl (C=O) groups is 1. The van der Waals surface area contributed by atoms with Gasteiger partial charge in [0.15, 0.2) is 6.10 Å². The Morgan fingerprint density at radius 2 is 1.69 bits per heavy atom. The lowest BCUT2D eigenvalue weighted by molar-refractivity contribution is -0.140. The molecule has 0 saturated carbocycles. The predicted molar refractivity (Wildman–Crippen MR) is 99.4 cm³/mol. The molecule has 138 valence electrons. The number of amides is 1. The normalized spacial score (nSPS) is 16.3. The van der Waals surface area contributed by atoms with E-state index in [9.17, 15) is 9.18 Å². The summed E-state index contributed by atoms with van der Waals surface area (Å²) in [6.45, 7) is 5.95. The minimum atomic E-state index is -0.527. The molecule has 1 heterocycles. The zero-order valence-electron chi connectivity index (χ0n) is 15.1. The van der Waals surface area contributed by atoms with Gasteiger partial charge in [0.1, 0.15) is 11.6 Å². The fourth-order valence-corrected chi connectivity index (χ4v) is 3.16. The summed E-state index contributed by atoms with van der Waals surface area (Å²) in [4.78, 5) is 17.0. The van der Waals surface area contributed by atoms with Crippen LogP contribution < -0.4 is 4.74 Å². The number of halogens is 1. The molecule has 5 heteroatoms. The van der Waals surface area contributed by atoms with Gasteiger partial charge in [-0.25, -0.2) is 4.39 Å². The van der Waals surface area contributed by atoms with Gasteiger partial charge in [-0.1, -0.05) is 37.3 Å². The Morgan fingerprint density at radius 3 is 2.31 bits per heavy atom. The Morgan fingerprint density at radius 1 is 1.04 bits per heavy atom. The lowest BCUT2D eigenvalue weighted by atomic mass is 10.1. The van der Waals surface area contributed by atoms with Crippen LogP contribution in [-0.4, -0.2) is 48.0 Å². The number of hydrogen-bond donors (Lipinski definition) is 0. The minimum Gasteiger partial charge on any atom is -0.481 e. The van der Waals surface area contributed by atoms with Gasteiger partial charge in [-0.2, -0.15) is 0 Å². The van der Waals surface area contributed by atoms with Crippen molar-refractivity contribution >= 4 is 5.91 Å². The van der Waals surface area contributed by atoms with Crippen LogP contribution in [0.25, 0.3) is 0 Å². The van der Waals surface area contributed by atoms with E-state index in [-0.39, 0.29) is 11.7 Å². The van der Waals surface area contributed by atoms with Gasteiger partial charge in [0.25, 0.3) is 5.91 Å². The standard InChI is InChI=1S/C21H25FN2O2/c1-2-20(26-19-10-8-18(22)9-11-19)21(25)24-14-12-23(13-15-24)16-17-6-4-3-5-7-17/h3-11,20H,2,12-16H2,1H3/t20-/m0/s1. The number of carbonyl (C=O) groups excluding carboxylic acids is 1. The van der Waals surface area contributed by atoms with Crippen LogP contribution in [0.3, 0.4) is 0 Å². The maximum Gasteiger partial charge on any atom is 0.263 e. The van der Waals surface area contributed by atoms with E-state index >= 15 is 0 Å². The SMILES string of the molecule is CC[C@H](Oc1ccc(F)cc1)C(=O)N1CCN(Cc2ccccc2)CC1. The summed E-state index contributed by atoms with van der Waals surface area (Å²) in [5.41, 5.74) is 1.29. The highest BCUT2D eigenvalue weighted by Gasteiger charge is 2.27. The van der Waals surface area contributed by atoms with E-state index in [2.05, 4.69) is 17.0 Å². The van der Waals surface area contributed by atoms with Crippen molar-refractivity contribution in [3.63, 3.8) is 0 Å². The van der Waals surface area contributed by atoms with Gasteiger partial charge < -0.3 is 9.64 Å². The van der Waals surface area contributed by atoms with Gasteiger partial charge in [-0.3, -0.25) is 9.69 Å². The summed E-state index contributed by atoms with van der Waals surface area (Å²) in [5, 5.41) is 0. The van der Waals surface area contributed by atoms with E-state index in [0.717, 1.165) is 19.6 Å². The van der Waals surface area contributed by atoms with Gasteiger partial charge in [-0.15, -0.1) is 0 Å². The van der Waals surface area contributed by atoms with Gasteiger partial charge in [-0.05, 0) is 36.2 Å². The second kappa shape index (κ2) is 8.81. The van der Waals surface area contributed by atoms with Crippen molar-refractivity contribution in [2.75, 3.05) is 26.2 Å². The van der Waals surface area contributed by atoms with Gasteiger partial charge in [0.2, 0.25) is 0 Å². The predicted octanol–water partition coefficient (Wildman–Crippen LogP) is 3.33. The van der Waals surface area contributed by atoms with Gasteiger partial charge >= 0.3 is 0 Å². The highest BCUT2D eigenvalue weighted by molar-refractivity contribution is 5.81. The molecule has 0 radical (unpaired) electrons. The molecule has 1 atom stereocenters. The number of piperazine rings is 1. The summed E-state index contributed by atoms with van der Waals surface area (Å²) in [5.74, 6) is 0.219. The summed E-state index contributed by atoms with van der Waals surface area (Å²) in [6.07, 6.45) is 0.0570. The summed E-state index contributed by atoms with van der Waals surface area (Å²) in [7, 11) is 0. The topological polar surface area (TPSA) is 32.8 Å². The molecule has 1 saturated heterocycles. The molecular weight excluding hydrogens is 331 g/mol. The molecule has 0 aliphatic carbocycles. The van der Waals surface area contributed by atoms with Crippen LogP contribution >= 0.6 is 0 Å². The first kappa shape index (κ1) is 18.4. The zero-order valence-corrected chi connectivity index (χ0v) is 15.1. The minimum absolute atomic E-state index is 0.0104. The summed E-state index contributed by atoms with van der Waals surface area (Å²) >= 11 is 0. The molecule has 4 nitrogen and oxygen atoms in total. The van der Waals surface area contributed by atoms with E-state index in [1.54, 1.807) is 12.1 Å². The first-order chi connectivity index (χ1) is 12.7. The van der Waals surface area contributed by atoms with Crippen molar-refractivity contribution in [2.45, 2.75) is 26.0 Å². The van der Waals surface area contributed by atoms with Crippen molar-refractivity contribution in [1.29, 1.82) is 0 Å². The molecule has 0 aromatic heterocycles. The van der Waals surface area contributed by atoms with E-state index in [1.807, 2.05) is 30.0 Å². The van der Waals surface area contributed by atoms with Crippen molar-refractivity contribution in [1.82, 2.24) is 9.80 Å². The molecule has 0 N–H and O–H groups in total. The van der Waals surface area contributed by atoms with Crippen molar-refractivity contribution in [2.24, 2.45) is 0 Å². The fourth-order valence-electron chi connectivity index (χ4n) is 3.16. The quantitative estimate of drug-likeness (QED) is 0.796. The lowest BCUT2D eigenvalue weighted by Gasteiger charge is -2.36. The molecule has 1 aliphatic heterocycles. The Bertz CT molecular complexity index is 698. The number of hydrogen-bond acceptors (Lipinski definition) is 3. The first-order valence-electron chi connectivity index (χ1n) is 9.13. The number of ether oxygens (including phenoxy) is 1. The van der Waals surface area contributed by atoms with E-state index in [0.29, 0.717) is 25.3 Å². The second-order valence-electron chi connectivity index (χ2n) is 6.56. The van der Waals surface area contributed by atoms with E-state index in [1.165, 1.54) is 17.7 Å². The van der Waals surface area contributed by atoms with E-state index < -0.39 is 6.10 Å². The molecule has 3 rings (SSSR count). The third kappa shape index (κ3) is 4.82. The Kier molecular flexibility index (Phi) is 6.23. The molecule has 1 fully saturated rings. The molecule has 0 bridgehead atoms. The monoisotopic (exact) mass is 356 g/mol. The van der Waals surface area contributed by atoms with Crippen molar-refractivity contribution < 1.29 is 13.9 Å². The number of benzene rings is 2. The average molecular weight is 356 g/mol. The highest BCUT2D eigenvalue weighted by atomic mass is 19.1. The Labute approximate surface area is 154 Å². The van der Waals surface area contributed by atoms with Crippen LogP contribution in [0, 0.1) is 5.82 Å². The Balaban J connectivity index is 1.52. The largest absolute Gasteiger partial charge is 0.481 e. The average Bonchev–Trinajstić information content (AvgIpc) is 2.68. The van der Waals surface area contributed by atoms with Crippen molar-refractivity contribution in [3.05, 3.63) is 66.0 Å². The fraction of sp³-hybridized carbons (Fsp3) is 0.381. The third-order valence-corrected chi connectivity index (χ3v) is 4.67. The van der Waals surface area contributed by atoms with Crippen LogP contribution in [0.15, 0.2) is 54.6 Å². The smallest absolute Gasteiger partial charge is 0.263 e. The van der Waals surface area contributed by atoms with Crippen molar-refractivity contribution in [3.8, 4) is 5.75 Å². The Hall–Kier alpha value is -2.40. The summed E-state index contributed by atoms with van der Waals surface area (Å²) in [6, 6.07) is 16.2. The maximum atomic E-state index is 13.0. The van der Waals surface area contributed by atoms with Gasteiger partial charge in [0, 0.05) is 32.7 Å². The molecule has 1 aliphatic rings. The number of nitrogens with zero attached hydrogens (tertiary/aromatic N) is 2. The molecule has 26 heavy (non-hydrogen) atoms. The molecule has 0 unspecified atom stereocenters. The van der Waals surface area contributed by atoms with Crippen LogP contribution in [0.1, 0.15) is 18.9 Å². The molecule has 1 amide bonds. The molecule has 0 spiro atoms. The zero-order chi connectivity index (χ0) is 18.4. The third-order valence-electron chi connectivity index (χ3n) is 4.67. The van der Waals surface area contributed by atoms with Crippen LogP contribution in [0.2, 0.25) is 0 Å². The molecule has 2 aromatic rings. The second-order valence-corrected chi connectivity index (χ2v) is 6.56. The summed E-state index contributed by atoms with van der Waals surface area (Å²) < 4.78 is 18.8.